The molecule has 10 heteroatoms. The van der Waals surface area contributed by atoms with Gasteiger partial charge in [-0.1, -0.05) is 6.92 Å². The van der Waals surface area contributed by atoms with Crippen LogP contribution >= 0.6 is 0 Å². The van der Waals surface area contributed by atoms with Crippen molar-refractivity contribution >= 4 is 17.8 Å². The molecule has 1 aromatic rings. The fourth-order valence-corrected chi connectivity index (χ4v) is 3.12. The number of hydrogen-bond donors (Lipinski definition) is 3. The van der Waals surface area contributed by atoms with E-state index in [9.17, 15) is 19.5 Å². The fraction of sp³-hybridized carbons (Fsp3) is 0.591. The van der Waals surface area contributed by atoms with Crippen LogP contribution < -0.4 is 10.2 Å². The molecular formula is C22H33NO9. The van der Waals surface area contributed by atoms with Crippen LogP contribution in [0.5, 0.6) is 11.5 Å². The van der Waals surface area contributed by atoms with Gasteiger partial charge < -0.3 is 24.1 Å². The minimum atomic E-state index is -0.942. The first kappa shape index (κ1) is 27.2. The summed E-state index contributed by atoms with van der Waals surface area (Å²) in [6.07, 6.45) is 0.733. The van der Waals surface area contributed by atoms with Gasteiger partial charge in [-0.05, 0) is 45.7 Å². The summed E-state index contributed by atoms with van der Waals surface area (Å²) in [5.74, 6) is -1.84. The van der Waals surface area contributed by atoms with Crippen molar-refractivity contribution in [1.29, 1.82) is 0 Å². The summed E-state index contributed by atoms with van der Waals surface area (Å²) in [7, 11) is 1.52. The Hall–Kier alpha value is -2.85. The molecule has 0 saturated carbocycles. The number of carbonyl (C=O) groups is 3. The van der Waals surface area contributed by atoms with Crippen molar-refractivity contribution in [3.63, 3.8) is 0 Å². The number of amides is 1. The number of ether oxygens (including phenoxy) is 4. The van der Waals surface area contributed by atoms with E-state index in [1.807, 2.05) is 6.92 Å². The Morgan fingerprint density at radius 3 is 2.19 bits per heavy atom. The standard InChI is InChI=1S/C22H33NO9/c1-6-22(4,20(27)32-10-9-29-5)14-21(2,3)19(26)31-12-11-30-15-7-8-16(17(24)13-15)18(25)23-28/h7-8,13,24,28H,6,9-12,14H2,1-5H3,(H,23,25). The Morgan fingerprint density at radius 1 is 1.00 bits per heavy atom. The third-order valence-corrected chi connectivity index (χ3v) is 5.08. The van der Waals surface area contributed by atoms with Crippen LogP contribution in [0.2, 0.25) is 0 Å². The molecular weight excluding hydrogens is 422 g/mol. The first-order chi connectivity index (χ1) is 15.0. The highest BCUT2D eigenvalue weighted by Crippen LogP contribution is 2.38. The second-order valence-electron chi connectivity index (χ2n) is 8.21. The zero-order chi connectivity index (χ0) is 24.4. The predicted molar refractivity (Wildman–Crippen MR) is 113 cm³/mol. The fourth-order valence-electron chi connectivity index (χ4n) is 3.12. The molecule has 0 radical (unpaired) electrons. The lowest BCUT2D eigenvalue weighted by atomic mass is 9.72. The Kier molecular flexibility index (Phi) is 10.4. The Balaban J connectivity index is 2.59. The summed E-state index contributed by atoms with van der Waals surface area (Å²) in [6, 6.07) is 3.92. The number of aromatic hydroxyl groups is 1. The minimum absolute atomic E-state index is 0.0108. The first-order valence-electron chi connectivity index (χ1n) is 10.2. The van der Waals surface area contributed by atoms with Crippen LogP contribution in [0, 0.1) is 10.8 Å². The molecule has 3 N–H and O–H groups in total. The van der Waals surface area contributed by atoms with E-state index < -0.39 is 22.7 Å². The second-order valence-corrected chi connectivity index (χ2v) is 8.21. The van der Waals surface area contributed by atoms with Crippen molar-refractivity contribution < 1.29 is 43.6 Å². The van der Waals surface area contributed by atoms with Crippen molar-refractivity contribution in [2.45, 2.75) is 40.5 Å². The first-order valence-corrected chi connectivity index (χ1v) is 10.2. The number of hydroxylamine groups is 1. The molecule has 0 aromatic heterocycles. The molecule has 0 spiro atoms. The van der Waals surface area contributed by atoms with E-state index in [0.29, 0.717) is 13.0 Å². The highest BCUT2D eigenvalue weighted by molar-refractivity contribution is 5.96. The summed E-state index contributed by atoms with van der Waals surface area (Å²) in [6.45, 7) is 7.43. The third kappa shape index (κ3) is 7.69. The molecule has 1 aromatic carbocycles. The van der Waals surface area contributed by atoms with Gasteiger partial charge in [0.15, 0.2) is 0 Å². The highest BCUT2D eigenvalue weighted by Gasteiger charge is 2.42. The molecule has 0 fully saturated rings. The zero-order valence-corrected chi connectivity index (χ0v) is 19.2. The van der Waals surface area contributed by atoms with Crippen molar-refractivity contribution in [3.05, 3.63) is 23.8 Å². The van der Waals surface area contributed by atoms with Crippen molar-refractivity contribution in [3.8, 4) is 11.5 Å². The summed E-state index contributed by atoms with van der Waals surface area (Å²) in [5.41, 5.74) is -0.486. The van der Waals surface area contributed by atoms with Gasteiger partial charge in [-0.25, -0.2) is 5.48 Å². The molecule has 1 unspecified atom stereocenters. The Morgan fingerprint density at radius 2 is 1.62 bits per heavy atom. The monoisotopic (exact) mass is 455 g/mol. The number of hydrogen-bond acceptors (Lipinski definition) is 9. The van der Waals surface area contributed by atoms with Gasteiger partial charge in [-0.15, -0.1) is 0 Å². The SMILES string of the molecule is CCC(C)(CC(C)(C)C(=O)OCCOc1ccc(C(=O)NO)c(O)c1)C(=O)OCCOC. The number of methoxy groups -OCH3 is 1. The largest absolute Gasteiger partial charge is 0.507 e. The highest BCUT2D eigenvalue weighted by atomic mass is 16.6. The van der Waals surface area contributed by atoms with E-state index in [4.69, 9.17) is 24.2 Å². The van der Waals surface area contributed by atoms with E-state index in [-0.39, 0.29) is 49.3 Å². The second kappa shape index (κ2) is 12.3. The summed E-state index contributed by atoms with van der Waals surface area (Å²) in [5, 5.41) is 18.4. The average molecular weight is 456 g/mol. The zero-order valence-electron chi connectivity index (χ0n) is 19.2. The van der Waals surface area contributed by atoms with Crippen LogP contribution in [0.15, 0.2) is 18.2 Å². The summed E-state index contributed by atoms with van der Waals surface area (Å²) in [4.78, 5) is 36.4. The van der Waals surface area contributed by atoms with Gasteiger partial charge >= 0.3 is 11.9 Å². The minimum Gasteiger partial charge on any atom is -0.507 e. The molecule has 32 heavy (non-hydrogen) atoms. The van der Waals surface area contributed by atoms with E-state index in [1.54, 1.807) is 20.8 Å². The lowest BCUT2D eigenvalue weighted by molar-refractivity contribution is -0.164. The van der Waals surface area contributed by atoms with Gasteiger partial charge in [0.1, 0.15) is 31.3 Å². The van der Waals surface area contributed by atoms with Crippen LogP contribution in [0.25, 0.3) is 0 Å². The number of phenols is 1. The van der Waals surface area contributed by atoms with E-state index in [2.05, 4.69) is 0 Å². The molecule has 0 aliphatic carbocycles. The smallest absolute Gasteiger partial charge is 0.311 e. The van der Waals surface area contributed by atoms with Gasteiger partial charge in [-0.2, -0.15) is 0 Å². The maximum atomic E-state index is 12.6. The molecule has 0 bridgehead atoms. The van der Waals surface area contributed by atoms with Crippen LogP contribution in [0.1, 0.15) is 50.9 Å². The van der Waals surface area contributed by atoms with Crippen molar-refractivity contribution in [1.82, 2.24) is 5.48 Å². The van der Waals surface area contributed by atoms with E-state index >= 15 is 0 Å². The van der Waals surface area contributed by atoms with Gasteiger partial charge in [0, 0.05) is 13.2 Å². The number of benzene rings is 1. The van der Waals surface area contributed by atoms with Crippen molar-refractivity contribution in [2.75, 3.05) is 33.5 Å². The maximum absolute atomic E-state index is 12.6. The summed E-state index contributed by atoms with van der Waals surface area (Å²) >= 11 is 0. The van der Waals surface area contributed by atoms with Crippen LogP contribution in [0.3, 0.4) is 0 Å². The van der Waals surface area contributed by atoms with E-state index in [1.165, 1.54) is 30.8 Å². The van der Waals surface area contributed by atoms with Gasteiger partial charge in [0.2, 0.25) is 0 Å². The predicted octanol–water partition coefficient (Wildman–Crippen LogP) is 2.46. The number of phenolic OH excluding ortho intramolecular Hbond substituents is 1. The van der Waals surface area contributed by atoms with Crippen LogP contribution in [0.4, 0.5) is 0 Å². The molecule has 0 aliphatic heterocycles. The van der Waals surface area contributed by atoms with Gasteiger partial charge in [-0.3, -0.25) is 19.6 Å². The number of rotatable bonds is 13. The lowest BCUT2D eigenvalue weighted by Crippen LogP contribution is -2.39. The molecule has 180 valence electrons. The molecule has 1 rings (SSSR count). The molecule has 0 aliphatic rings. The van der Waals surface area contributed by atoms with E-state index in [0.717, 1.165) is 0 Å². The normalized spacial score (nSPS) is 13.1. The van der Waals surface area contributed by atoms with Crippen LogP contribution in [-0.2, 0) is 23.8 Å². The van der Waals surface area contributed by atoms with Crippen molar-refractivity contribution in [2.24, 2.45) is 10.8 Å². The third-order valence-electron chi connectivity index (χ3n) is 5.08. The van der Waals surface area contributed by atoms with Gasteiger partial charge in [0.05, 0.1) is 23.0 Å². The Labute approximate surface area is 187 Å². The topological polar surface area (TPSA) is 141 Å². The quantitative estimate of drug-likeness (QED) is 0.177. The summed E-state index contributed by atoms with van der Waals surface area (Å²) < 4.78 is 20.9. The average Bonchev–Trinajstić information content (AvgIpc) is 2.75. The molecule has 0 saturated heterocycles. The molecule has 0 heterocycles. The number of esters is 2. The molecule has 10 nitrogen and oxygen atoms in total. The lowest BCUT2D eigenvalue weighted by Gasteiger charge is -2.33. The molecule has 1 atom stereocenters. The molecule has 1 amide bonds. The maximum Gasteiger partial charge on any atom is 0.311 e. The number of nitrogens with one attached hydrogen (secondary N) is 1. The number of carbonyl (C=O) groups excluding carboxylic acids is 3. The van der Waals surface area contributed by atoms with Crippen LogP contribution in [-0.4, -0.2) is 61.7 Å². The Bertz CT molecular complexity index is 794. The van der Waals surface area contributed by atoms with Gasteiger partial charge in [0.25, 0.3) is 5.91 Å².